The van der Waals surface area contributed by atoms with Crippen molar-refractivity contribution in [2.24, 2.45) is 5.92 Å². The van der Waals surface area contributed by atoms with Crippen LogP contribution in [-0.4, -0.2) is 18.3 Å². The topological polar surface area (TPSA) is 29.5 Å². The number of rotatable bonds is 4. The first-order valence-electron chi connectivity index (χ1n) is 5.23. The fourth-order valence-electron chi connectivity index (χ4n) is 1.26. The minimum absolute atomic E-state index is 0.130. The van der Waals surface area contributed by atoms with E-state index < -0.39 is 11.9 Å². The first-order chi connectivity index (χ1) is 7.54. The predicted octanol–water partition coefficient (Wildman–Crippen LogP) is 3.02. The smallest absolute Gasteiger partial charge is 0.129 e. The molecule has 0 radical (unpaired) electrons. The van der Waals surface area contributed by atoms with E-state index in [0.29, 0.717) is 5.56 Å². The molecule has 0 aromatic heterocycles. The van der Waals surface area contributed by atoms with E-state index in [1.165, 1.54) is 6.08 Å². The molecule has 0 aliphatic carbocycles. The Hall–Kier alpha value is -1.35. The van der Waals surface area contributed by atoms with E-state index in [9.17, 15) is 9.50 Å². The summed E-state index contributed by atoms with van der Waals surface area (Å²) >= 11 is 0. The summed E-state index contributed by atoms with van der Waals surface area (Å²) in [5.41, 5.74) is 0.706. The zero-order valence-corrected chi connectivity index (χ0v) is 9.77. The van der Waals surface area contributed by atoms with E-state index >= 15 is 0 Å². The fraction of sp³-hybridized carbons (Fsp3) is 0.385. The summed E-state index contributed by atoms with van der Waals surface area (Å²) in [4.78, 5) is 0. The van der Waals surface area contributed by atoms with Crippen molar-refractivity contribution in [3.8, 4) is 5.75 Å². The number of hydrogen-bond donors (Lipinski definition) is 1. The zero-order valence-electron chi connectivity index (χ0n) is 9.77. The van der Waals surface area contributed by atoms with Gasteiger partial charge in [0.15, 0.2) is 0 Å². The third-order valence-electron chi connectivity index (χ3n) is 2.33. The maximum atomic E-state index is 13.5. The number of hydrogen-bond acceptors (Lipinski definition) is 2. The normalized spacial score (nSPS) is 14.0. The molecule has 1 N–H and O–H groups in total. The monoisotopic (exact) mass is 224 g/mol. The number of benzene rings is 1. The van der Waals surface area contributed by atoms with Gasteiger partial charge in [0.05, 0.1) is 7.11 Å². The highest BCUT2D eigenvalue weighted by Crippen LogP contribution is 2.18. The van der Waals surface area contributed by atoms with E-state index in [1.54, 1.807) is 45.2 Å². The van der Waals surface area contributed by atoms with Crippen LogP contribution >= 0.6 is 0 Å². The van der Waals surface area contributed by atoms with Gasteiger partial charge in [-0.1, -0.05) is 26.0 Å². The number of ether oxygens (including phenoxy) is 1. The number of methoxy groups -OCH3 is 1. The molecule has 1 aromatic carbocycles. The molecule has 0 heterocycles. The van der Waals surface area contributed by atoms with Crippen molar-refractivity contribution in [3.05, 3.63) is 35.7 Å². The molecular formula is C13H17FO2. The molecule has 16 heavy (non-hydrogen) atoms. The molecule has 1 unspecified atom stereocenters. The van der Waals surface area contributed by atoms with E-state index in [0.717, 1.165) is 5.75 Å². The van der Waals surface area contributed by atoms with Crippen LogP contribution in [-0.2, 0) is 0 Å². The van der Waals surface area contributed by atoms with Gasteiger partial charge >= 0.3 is 0 Å². The minimum Gasteiger partial charge on any atom is -0.497 e. The fourth-order valence-corrected chi connectivity index (χ4v) is 1.26. The summed E-state index contributed by atoms with van der Waals surface area (Å²) in [6, 6.07) is 6.98. The van der Waals surface area contributed by atoms with Crippen molar-refractivity contribution in [2.45, 2.75) is 20.0 Å². The van der Waals surface area contributed by atoms with Gasteiger partial charge in [-0.15, -0.1) is 0 Å². The Kier molecular flexibility index (Phi) is 4.50. The average Bonchev–Trinajstić information content (AvgIpc) is 2.28. The van der Waals surface area contributed by atoms with Gasteiger partial charge in [-0.05, 0) is 29.7 Å². The largest absolute Gasteiger partial charge is 0.497 e. The van der Waals surface area contributed by atoms with E-state index in [1.807, 2.05) is 0 Å². The summed E-state index contributed by atoms with van der Waals surface area (Å²) in [7, 11) is 1.58. The second-order valence-electron chi connectivity index (χ2n) is 3.99. The van der Waals surface area contributed by atoms with Gasteiger partial charge in [-0.25, -0.2) is 4.39 Å². The lowest BCUT2D eigenvalue weighted by molar-refractivity contribution is 0.137. The Morgan fingerprint density at radius 2 is 1.88 bits per heavy atom. The van der Waals surface area contributed by atoms with E-state index in [-0.39, 0.29) is 5.92 Å². The van der Waals surface area contributed by atoms with E-state index in [4.69, 9.17) is 4.74 Å². The summed E-state index contributed by atoms with van der Waals surface area (Å²) in [6.07, 6.45) is 0.298. The molecule has 3 heteroatoms. The van der Waals surface area contributed by atoms with E-state index in [2.05, 4.69) is 0 Å². The lowest BCUT2D eigenvalue weighted by Gasteiger charge is -2.11. The average molecular weight is 224 g/mol. The highest BCUT2D eigenvalue weighted by Gasteiger charge is 2.14. The Balaban J connectivity index is 2.81. The molecule has 1 rings (SSSR count). The predicted molar refractivity (Wildman–Crippen MR) is 62.9 cm³/mol. The van der Waals surface area contributed by atoms with Crippen molar-refractivity contribution >= 4 is 6.08 Å². The zero-order chi connectivity index (χ0) is 12.1. The van der Waals surface area contributed by atoms with Crippen LogP contribution in [0.4, 0.5) is 4.39 Å². The highest BCUT2D eigenvalue weighted by molar-refractivity contribution is 5.53. The molecule has 0 bridgehead atoms. The molecular weight excluding hydrogens is 207 g/mol. The molecule has 88 valence electrons. The van der Waals surface area contributed by atoms with Crippen molar-refractivity contribution in [2.75, 3.05) is 7.11 Å². The van der Waals surface area contributed by atoms with Crippen molar-refractivity contribution in [3.63, 3.8) is 0 Å². The Morgan fingerprint density at radius 1 is 1.31 bits per heavy atom. The van der Waals surface area contributed by atoms with Gasteiger partial charge in [0.1, 0.15) is 17.7 Å². The number of halogens is 1. The maximum absolute atomic E-state index is 13.5. The van der Waals surface area contributed by atoms with Gasteiger partial charge < -0.3 is 9.84 Å². The quantitative estimate of drug-likeness (QED) is 0.851. The van der Waals surface area contributed by atoms with Crippen molar-refractivity contribution in [1.82, 2.24) is 0 Å². The van der Waals surface area contributed by atoms with Gasteiger partial charge in [0.2, 0.25) is 0 Å². The molecule has 1 aromatic rings. The second kappa shape index (κ2) is 5.66. The van der Waals surface area contributed by atoms with Crippen LogP contribution in [0.1, 0.15) is 19.4 Å². The molecule has 1 atom stereocenters. The Morgan fingerprint density at radius 3 is 2.31 bits per heavy atom. The first kappa shape index (κ1) is 12.7. The second-order valence-corrected chi connectivity index (χ2v) is 3.99. The molecule has 2 nitrogen and oxygen atoms in total. The third-order valence-corrected chi connectivity index (χ3v) is 2.33. The number of aliphatic hydroxyl groups is 1. The molecule has 0 amide bonds. The molecule has 0 fully saturated rings. The van der Waals surface area contributed by atoms with Crippen LogP contribution in [0.25, 0.3) is 6.08 Å². The SMILES string of the molecule is COc1ccc(/C=C(\F)C(O)C(C)C)cc1. The molecule has 0 spiro atoms. The lowest BCUT2D eigenvalue weighted by atomic mass is 10.0. The van der Waals surface area contributed by atoms with Crippen LogP contribution in [0.3, 0.4) is 0 Å². The summed E-state index contributed by atoms with van der Waals surface area (Å²) < 4.78 is 18.5. The van der Waals surface area contributed by atoms with Gasteiger partial charge in [-0.3, -0.25) is 0 Å². The minimum atomic E-state index is -1.04. The van der Waals surface area contributed by atoms with Crippen LogP contribution in [0, 0.1) is 5.92 Å². The third kappa shape index (κ3) is 3.35. The van der Waals surface area contributed by atoms with Crippen LogP contribution < -0.4 is 4.74 Å². The van der Waals surface area contributed by atoms with Gasteiger partial charge in [0.25, 0.3) is 0 Å². The first-order valence-corrected chi connectivity index (χ1v) is 5.23. The van der Waals surface area contributed by atoms with Crippen LogP contribution in [0.15, 0.2) is 30.1 Å². The van der Waals surface area contributed by atoms with Crippen LogP contribution in [0.5, 0.6) is 5.75 Å². The molecule has 0 aliphatic heterocycles. The Labute approximate surface area is 95.4 Å². The van der Waals surface area contributed by atoms with Gasteiger partial charge in [0, 0.05) is 0 Å². The van der Waals surface area contributed by atoms with Gasteiger partial charge in [-0.2, -0.15) is 0 Å². The standard InChI is InChI=1S/C13H17FO2/c1-9(2)13(15)12(14)8-10-4-6-11(16-3)7-5-10/h4-9,13,15H,1-3H3/b12-8-. The van der Waals surface area contributed by atoms with Crippen LogP contribution in [0.2, 0.25) is 0 Å². The summed E-state index contributed by atoms with van der Waals surface area (Å²) in [5, 5.41) is 9.49. The summed E-state index contributed by atoms with van der Waals surface area (Å²) in [5.74, 6) is 0.0802. The number of aliphatic hydroxyl groups excluding tert-OH is 1. The van der Waals surface area contributed by atoms with Crippen molar-refractivity contribution < 1.29 is 14.2 Å². The molecule has 0 saturated heterocycles. The molecule has 0 saturated carbocycles. The summed E-state index contributed by atoms with van der Waals surface area (Å²) in [6.45, 7) is 3.54. The maximum Gasteiger partial charge on any atom is 0.129 e. The Bertz CT molecular complexity index is 355. The highest BCUT2D eigenvalue weighted by atomic mass is 19.1. The molecule has 0 aliphatic rings. The van der Waals surface area contributed by atoms with Crippen molar-refractivity contribution in [1.29, 1.82) is 0 Å². The lowest BCUT2D eigenvalue weighted by Crippen LogP contribution is -2.14.